The van der Waals surface area contributed by atoms with Gasteiger partial charge < -0.3 is 15.2 Å². The van der Waals surface area contributed by atoms with Crippen molar-refractivity contribution in [1.82, 2.24) is 5.32 Å². The maximum Gasteiger partial charge on any atom is 0.310 e. The van der Waals surface area contributed by atoms with Crippen LogP contribution in [0, 0.1) is 11.8 Å². The standard InChI is InChI=1S/C17H19NO4/c19-16(18-10-4-7-11-5-2-1-3-6-11)14-12-8-9-13(22-12)15(14)17(20)21/h1-3,5-6,8-9,12-15H,4,7,10H2,(H,18,19)(H,20,21)/t12-,13+,14+,15+/m1/s1. The lowest BCUT2D eigenvalue weighted by atomic mass is 9.82. The average molecular weight is 301 g/mol. The molecular weight excluding hydrogens is 282 g/mol. The van der Waals surface area contributed by atoms with Crippen LogP contribution in [0.3, 0.4) is 0 Å². The van der Waals surface area contributed by atoms with Gasteiger partial charge in [0.25, 0.3) is 0 Å². The molecule has 2 bridgehead atoms. The molecule has 2 aliphatic rings. The maximum absolute atomic E-state index is 12.3. The molecule has 0 unspecified atom stereocenters. The smallest absolute Gasteiger partial charge is 0.310 e. The minimum Gasteiger partial charge on any atom is -0.481 e. The molecular formula is C17H19NO4. The second-order valence-electron chi connectivity index (χ2n) is 5.72. The Labute approximate surface area is 129 Å². The molecule has 3 rings (SSSR count). The lowest BCUT2D eigenvalue weighted by Gasteiger charge is -2.20. The van der Waals surface area contributed by atoms with Gasteiger partial charge in [-0.1, -0.05) is 42.5 Å². The van der Waals surface area contributed by atoms with Crippen molar-refractivity contribution in [3.05, 3.63) is 48.0 Å². The van der Waals surface area contributed by atoms with Gasteiger partial charge in [-0.05, 0) is 18.4 Å². The van der Waals surface area contributed by atoms with E-state index >= 15 is 0 Å². The summed E-state index contributed by atoms with van der Waals surface area (Å²) in [6.07, 6.45) is 4.37. The van der Waals surface area contributed by atoms with Crippen molar-refractivity contribution in [2.75, 3.05) is 6.54 Å². The van der Waals surface area contributed by atoms with Gasteiger partial charge in [0.2, 0.25) is 5.91 Å². The van der Waals surface area contributed by atoms with Gasteiger partial charge in [-0.25, -0.2) is 0 Å². The predicted octanol–water partition coefficient (Wildman–Crippen LogP) is 1.39. The van der Waals surface area contributed by atoms with Crippen LogP contribution in [0.2, 0.25) is 0 Å². The lowest BCUT2D eigenvalue weighted by Crippen LogP contribution is -2.42. The van der Waals surface area contributed by atoms with Gasteiger partial charge in [-0.15, -0.1) is 0 Å². The fraction of sp³-hybridized carbons (Fsp3) is 0.412. The number of carboxylic acids is 1. The Balaban J connectivity index is 1.50. The number of carbonyl (C=O) groups excluding carboxylic acids is 1. The van der Waals surface area contributed by atoms with Gasteiger partial charge >= 0.3 is 5.97 Å². The number of rotatable bonds is 6. The van der Waals surface area contributed by atoms with Crippen LogP contribution >= 0.6 is 0 Å². The highest BCUT2D eigenvalue weighted by Gasteiger charge is 2.53. The largest absolute Gasteiger partial charge is 0.481 e. The molecule has 1 aromatic rings. The van der Waals surface area contributed by atoms with E-state index in [9.17, 15) is 14.7 Å². The molecule has 116 valence electrons. The van der Waals surface area contributed by atoms with Crippen molar-refractivity contribution < 1.29 is 19.4 Å². The summed E-state index contributed by atoms with van der Waals surface area (Å²) < 4.78 is 5.50. The number of amides is 1. The van der Waals surface area contributed by atoms with E-state index in [1.54, 1.807) is 12.2 Å². The molecule has 2 heterocycles. The molecule has 1 aromatic carbocycles. The third kappa shape index (κ3) is 2.90. The summed E-state index contributed by atoms with van der Waals surface area (Å²) >= 11 is 0. The first-order valence-corrected chi connectivity index (χ1v) is 7.55. The van der Waals surface area contributed by atoms with E-state index in [0.717, 1.165) is 12.8 Å². The highest BCUT2D eigenvalue weighted by molar-refractivity contribution is 5.87. The van der Waals surface area contributed by atoms with Crippen LogP contribution in [0.25, 0.3) is 0 Å². The fourth-order valence-corrected chi connectivity index (χ4v) is 3.18. The summed E-state index contributed by atoms with van der Waals surface area (Å²) in [5, 5.41) is 12.1. The number of benzene rings is 1. The number of hydrogen-bond acceptors (Lipinski definition) is 3. The Morgan fingerprint density at radius 1 is 1.09 bits per heavy atom. The van der Waals surface area contributed by atoms with Crippen molar-refractivity contribution in [3.63, 3.8) is 0 Å². The SMILES string of the molecule is O=C(O)[C@@H]1[C@@H](C(=O)NCCCc2ccccc2)[C@H]2C=C[C@@H]1O2. The summed E-state index contributed by atoms with van der Waals surface area (Å²) in [5.74, 6) is -2.59. The lowest BCUT2D eigenvalue weighted by molar-refractivity contribution is -0.146. The highest BCUT2D eigenvalue weighted by atomic mass is 16.5. The van der Waals surface area contributed by atoms with E-state index in [2.05, 4.69) is 17.4 Å². The molecule has 0 spiro atoms. The molecule has 1 amide bonds. The number of ether oxygens (including phenoxy) is 1. The van der Waals surface area contributed by atoms with E-state index in [0.29, 0.717) is 6.54 Å². The fourth-order valence-electron chi connectivity index (χ4n) is 3.18. The second-order valence-corrected chi connectivity index (χ2v) is 5.72. The number of aliphatic carboxylic acids is 1. The molecule has 1 saturated heterocycles. The Hall–Kier alpha value is -2.14. The van der Waals surface area contributed by atoms with Gasteiger partial charge in [0.05, 0.1) is 18.1 Å². The quantitative estimate of drug-likeness (QED) is 0.615. The third-order valence-electron chi connectivity index (χ3n) is 4.27. The van der Waals surface area contributed by atoms with E-state index in [-0.39, 0.29) is 5.91 Å². The van der Waals surface area contributed by atoms with E-state index in [1.165, 1.54) is 5.56 Å². The molecule has 0 saturated carbocycles. The average Bonchev–Trinajstić information content (AvgIpc) is 3.13. The van der Waals surface area contributed by atoms with Gasteiger partial charge in [0, 0.05) is 6.54 Å². The summed E-state index contributed by atoms with van der Waals surface area (Å²) in [7, 11) is 0. The van der Waals surface area contributed by atoms with Crippen LogP contribution in [0.15, 0.2) is 42.5 Å². The molecule has 4 atom stereocenters. The molecule has 2 aliphatic heterocycles. The van der Waals surface area contributed by atoms with E-state index in [1.807, 2.05) is 18.2 Å². The molecule has 0 aliphatic carbocycles. The van der Waals surface area contributed by atoms with Crippen molar-refractivity contribution in [2.45, 2.75) is 25.0 Å². The van der Waals surface area contributed by atoms with Crippen LogP contribution in [0.5, 0.6) is 0 Å². The Morgan fingerprint density at radius 2 is 1.77 bits per heavy atom. The number of aryl methyl sites for hydroxylation is 1. The Morgan fingerprint density at radius 3 is 2.45 bits per heavy atom. The normalized spacial score (nSPS) is 28.7. The van der Waals surface area contributed by atoms with Crippen LogP contribution in [-0.2, 0) is 20.7 Å². The van der Waals surface area contributed by atoms with Crippen LogP contribution < -0.4 is 5.32 Å². The number of carbonyl (C=O) groups is 2. The van der Waals surface area contributed by atoms with Crippen molar-refractivity contribution in [1.29, 1.82) is 0 Å². The van der Waals surface area contributed by atoms with Gasteiger partial charge in [0.15, 0.2) is 0 Å². The summed E-state index contributed by atoms with van der Waals surface area (Å²) in [5.41, 5.74) is 1.23. The minimum absolute atomic E-state index is 0.225. The third-order valence-corrected chi connectivity index (χ3v) is 4.27. The van der Waals surface area contributed by atoms with Crippen LogP contribution in [0.1, 0.15) is 12.0 Å². The second kappa shape index (κ2) is 6.32. The Bertz CT molecular complexity index is 584. The molecule has 5 heteroatoms. The number of carboxylic acid groups (broad SMARTS) is 1. The van der Waals surface area contributed by atoms with Gasteiger partial charge in [0.1, 0.15) is 5.92 Å². The minimum atomic E-state index is -0.971. The predicted molar refractivity (Wildman–Crippen MR) is 80.2 cm³/mol. The zero-order valence-electron chi connectivity index (χ0n) is 12.1. The first-order chi connectivity index (χ1) is 10.7. The van der Waals surface area contributed by atoms with Crippen molar-refractivity contribution in [2.24, 2.45) is 11.8 Å². The van der Waals surface area contributed by atoms with Crippen molar-refractivity contribution in [3.8, 4) is 0 Å². The molecule has 1 fully saturated rings. The maximum atomic E-state index is 12.3. The van der Waals surface area contributed by atoms with E-state index < -0.39 is 30.0 Å². The summed E-state index contributed by atoms with van der Waals surface area (Å²) in [6.45, 7) is 0.539. The molecule has 0 radical (unpaired) electrons. The van der Waals surface area contributed by atoms with Gasteiger partial charge in [-0.2, -0.15) is 0 Å². The molecule has 22 heavy (non-hydrogen) atoms. The summed E-state index contributed by atoms with van der Waals surface area (Å²) in [4.78, 5) is 23.6. The Kier molecular flexibility index (Phi) is 4.24. The molecule has 5 nitrogen and oxygen atoms in total. The first kappa shape index (κ1) is 14.8. The highest BCUT2D eigenvalue weighted by Crippen LogP contribution is 2.39. The van der Waals surface area contributed by atoms with Gasteiger partial charge in [-0.3, -0.25) is 9.59 Å². The topological polar surface area (TPSA) is 75.6 Å². The van der Waals surface area contributed by atoms with Crippen LogP contribution in [-0.4, -0.2) is 35.7 Å². The zero-order valence-corrected chi connectivity index (χ0v) is 12.1. The zero-order chi connectivity index (χ0) is 15.5. The number of hydrogen-bond donors (Lipinski definition) is 2. The first-order valence-electron chi connectivity index (χ1n) is 7.55. The number of nitrogens with one attached hydrogen (secondary N) is 1. The number of fused-ring (bicyclic) bond motifs is 2. The summed E-state index contributed by atoms with van der Waals surface area (Å²) in [6, 6.07) is 10.1. The van der Waals surface area contributed by atoms with Crippen molar-refractivity contribution >= 4 is 11.9 Å². The monoisotopic (exact) mass is 301 g/mol. The van der Waals surface area contributed by atoms with Crippen LogP contribution in [0.4, 0.5) is 0 Å². The van der Waals surface area contributed by atoms with E-state index in [4.69, 9.17) is 4.74 Å². The molecule has 2 N–H and O–H groups in total. The molecule has 0 aromatic heterocycles.